The molecule has 0 radical (unpaired) electrons. The minimum Gasteiger partial charge on any atom is -0.493 e. The molecule has 0 aromatic heterocycles. The van der Waals surface area contributed by atoms with Gasteiger partial charge in [0.25, 0.3) is 5.69 Å². The second-order valence-corrected chi connectivity index (χ2v) is 11.8. The normalized spacial score (nSPS) is 11.3. The van der Waals surface area contributed by atoms with Crippen molar-refractivity contribution in [2.75, 3.05) is 88.2 Å². The smallest absolute Gasteiger partial charge is 0.338 e. The molecule has 0 heterocycles. The number of nitro benzene ring substituents is 1. The summed E-state index contributed by atoms with van der Waals surface area (Å²) in [4.78, 5) is 36.1. The van der Waals surface area contributed by atoms with Gasteiger partial charge in [-0.25, -0.2) is 9.59 Å². The van der Waals surface area contributed by atoms with Crippen LogP contribution >= 0.6 is 0 Å². The van der Waals surface area contributed by atoms with Gasteiger partial charge in [-0.15, -0.1) is 0 Å². The molecule has 3 aromatic carbocycles. The van der Waals surface area contributed by atoms with Crippen LogP contribution in [0.1, 0.15) is 45.5 Å². The first kappa shape index (κ1) is 44.0. The first-order valence-electron chi connectivity index (χ1n) is 17.6. The number of carbonyl (C=O) groups excluding carboxylic acids is 2. The molecule has 17 nitrogen and oxygen atoms in total. The molecule has 0 amide bonds. The summed E-state index contributed by atoms with van der Waals surface area (Å²) in [5, 5.41) is 27.1. The van der Waals surface area contributed by atoms with Crippen molar-refractivity contribution in [1.29, 1.82) is 0 Å². The van der Waals surface area contributed by atoms with E-state index >= 15 is 0 Å². The minimum absolute atomic E-state index is 0.0261. The van der Waals surface area contributed by atoms with Gasteiger partial charge in [0.1, 0.15) is 19.3 Å². The molecule has 0 bridgehead atoms. The number of esters is 2. The largest absolute Gasteiger partial charge is 0.493 e. The maximum absolute atomic E-state index is 13.1. The summed E-state index contributed by atoms with van der Waals surface area (Å²) < 4.78 is 49.3. The lowest BCUT2D eigenvalue weighted by atomic mass is 10.1. The predicted molar refractivity (Wildman–Crippen MR) is 200 cm³/mol. The quantitative estimate of drug-likeness (QED) is 0.0434. The van der Waals surface area contributed by atoms with Crippen molar-refractivity contribution >= 4 is 17.6 Å². The number of nitro groups is 1. The molecule has 0 aliphatic carbocycles. The molecule has 0 fully saturated rings. The Kier molecular flexibility index (Phi) is 19.3. The van der Waals surface area contributed by atoms with Gasteiger partial charge in [-0.05, 0) is 87.4 Å². The van der Waals surface area contributed by atoms with E-state index in [9.17, 15) is 24.8 Å². The van der Waals surface area contributed by atoms with Gasteiger partial charge in [-0.2, -0.15) is 0 Å². The summed E-state index contributed by atoms with van der Waals surface area (Å²) >= 11 is 0. The van der Waals surface area contributed by atoms with E-state index in [1.54, 1.807) is 24.3 Å². The van der Waals surface area contributed by atoms with Crippen molar-refractivity contribution in [1.82, 2.24) is 10.6 Å². The van der Waals surface area contributed by atoms with Gasteiger partial charge >= 0.3 is 11.9 Å². The van der Waals surface area contributed by atoms with Crippen molar-refractivity contribution in [3.05, 3.63) is 75.3 Å². The molecule has 3 rings (SSSR count). The van der Waals surface area contributed by atoms with Crippen LogP contribution in [-0.4, -0.2) is 116 Å². The van der Waals surface area contributed by atoms with Crippen molar-refractivity contribution in [3.63, 3.8) is 0 Å². The van der Waals surface area contributed by atoms with E-state index in [1.807, 2.05) is 0 Å². The van der Waals surface area contributed by atoms with Crippen LogP contribution in [0.2, 0.25) is 0 Å². The zero-order chi connectivity index (χ0) is 40.0. The zero-order valence-electron chi connectivity index (χ0n) is 31.9. The Balaban J connectivity index is 1.38. The summed E-state index contributed by atoms with van der Waals surface area (Å²) in [6.07, 6.45) is 1.46. The lowest BCUT2D eigenvalue weighted by molar-refractivity contribution is -0.384. The van der Waals surface area contributed by atoms with Crippen LogP contribution in [0.5, 0.6) is 34.5 Å². The molecule has 0 saturated heterocycles. The van der Waals surface area contributed by atoms with Crippen LogP contribution in [0, 0.1) is 10.1 Å². The van der Waals surface area contributed by atoms with Crippen LogP contribution < -0.4 is 39.1 Å². The van der Waals surface area contributed by atoms with Crippen molar-refractivity contribution in [3.8, 4) is 34.5 Å². The van der Waals surface area contributed by atoms with Crippen molar-refractivity contribution in [2.24, 2.45) is 0 Å². The Morgan fingerprint density at radius 3 is 1.62 bits per heavy atom. The van der Waals surface area contributed by atoms with Crippen LogP contribution in [-0.2, 0) is 20.8 Å². The summed E-state index contributed by atoms with van der Waals surface area (Å²) in [5.74, 6) is 0.634. The average molecular weight is 774 g/mol. The molecular weight excluding hydrogens is 722 g/mol. The summed E-state index contributed by atoms with van der Waals surface area (Å²) in [7, 11) is 7.30. The first-order valence-corrected chi connectivity index (χ1v) is 17.6. The monoisotopic (exact) mass is 773 g/mol. The molecule has 0 spiro atoms. The van der Waals surface area contributed by atoms with E-state index in [2.05, 4.69) is 10.6 Å². The number of rotatable bonds is 27. The summed E-state index contributed by atoms with van der Waals surface area (Å²) in [6.45, 7) is 2.95. The van der Waals surface area contributed by atoms with E-state index in [0.29, 0.717) is 54.3 Å². The van der Waals surface area contributed by atoms with E-state index in [1.165, 1.54) is 59.8 Å². The molecule has 0 unspecified atom stereocenters. The third-order valence-corrected chi connectivity index (χ3v) is 8.03. The molecule has 3 N–H and O–H groups in total. The highest BCUT2D eigenvalue weighted by molar-refractivity contribution is 5.91. The summed E-state index contributed by atoms with van der Waals surface area (Å²) in [6, 6.07) is 11.9. The highest BCUT2D eigenvalue weighted by atomic mass is 16.6. The maximum Gasteiger partial charge on any atom is 0.338 e. The molecule has 1 atom stereocenters. The van der Waals surface area contributed by atoms with Gasteiger partial charge in [0.15, 0.2) is 23.0 Å². The Morgan fingerprint density at radius 2 is 1.16 bits per heavy atom. The Bertz CT molecular complexity index is 1630. The Morgan fingerprint density at radius 1 is 0.691 bits per heavy atom. The number of aliphatic hydroxyl groups excluding tert-OH is 1. The van der Waals surface area contributed by atoms with Gasteiger partial charge in [-0.1, -0.05) is 0 Å². The topological polar surface area (TPSA) is 205 Å². The highest BCUT2D eigenvalue weighted by Gasteiger charge is 2.21. The minimum atomic E-state index is -0.618. The average Bonchev–Trinajstić information content (AvgIpc) is 3.21. The Labute approximate surface area is 320 Å². The molecule has 17 heteroatoms. The molecular formula is C38H51N3O14. The second kappa shape index (κ2) is 24.1. The molecule has 0 aliphatic heterocycles. The fourth-order valence-corrected chi connectivity index (χ4v) is 5.04. The van der Waals surface area contributed by atoms with Crippen LogP contribution in [0.3, 0.4) is 0 Å². The maximum atomic E-state index is 13.1. The van der Waals surface area contributed by atoms with Crippen LogP contribution in [0.25, 0.3) is 0 Å². The lowest BCUT2D eigenvalue weighted by Crippen LogP contribution is -2.25. The number of nitrogens with zero attached hydrogens (tertiary/aromatic N) is 1. The summed E-state index contributed by atoms with van der Waals surface area (Å²) in [5.41, 5.74) is 1.06. The zero-order valence-corrected chi connectivity index (χ0v) is 31.9. The lowest BCUT2D eigenvalue weighted by Gasteiger charge is -2.19. The standard InChI is InChI=1S/C38H51N3O14/c1-47-30(23-42)25-55-34-22-28(21-33(36(34)51-5)54-24-26-9-11-29(12-10-26)41(45)46)38(44)53-18-8-16-40-14-6-13-39-15-7-17-52-37(43)27-19-31(48-2)35(50-4)32(20-27)49-3/h9-12,19-22,30,39-40,42H,6-8,13-18,23-25H2,1-5H3/t30-/m1/s1. The number of benzene rings is 3. The predicted octanol–water partition coefficient (Wildman–Crippen LogP) is 3.96. The van der Waals surface area contributed by atoms with E-state index in [0.717, 1.165) is 19.5 Å². The van der Waals surface area contributed by atoms with Gasteiger partial charge < -0.3 is 58.4 Å². The fraction of sp³-hybridized carbons (Fsp3) is 0.474. The molecule has 302 valence electrons. The second-order valence-electron chi connectivity index (χ2n) is 11.8. The molecule has 55 heavy (non-hydrogen) atoms. The molecule has 3 aromatic rings. The number of nitrogens with one attached hydrogen (secondary N) is 2. The fourth-order valence-electron chi connectivity index (χ4n) is 5.04. The third kappa shape index (κ3) is 14.1. The number of hydrogen-bond donors (Lipinski definition) is 3. The third-order valence-electron chi connectivity index (χ3n) is 8.03. The van der Waals surface area contributed by atoms with Crippen molar-refractivity contribution in [2.45, 2.75) is 32.0 Å². The number of aliphatic hydroxyl groups is 1. The number of non-ortho nitro benzene ring substituents is 1. The van der Waals surface area contributed by atoms with E-state index < -0.39 is 23.0 Å². The van der Waals surface area contributed by atoms with Crippen molar-refractivity contribution < 1.29 is 62.3 Å². The van der Waals surface area contributed by atoms with Gasteiger partial charge in [0, 0.05) is 19.2 Å². The van der Waals surface area contributed by atoms with Gasteiger partial charge in [-0.3, -0.25) is 10.1 Å². The molecule has 0 saturated carbocycles. The van der Waals surface area contributed by atoms with Gasteiger partial charge in [0.05, 0.1) is 64.3 Å². The van der Waals surface area contributed by atoms with Crippen LogP contribution in [0.15, 0.2) is 48.5 Å². The van der Waals surface area contributed by atoms with Gasteiger partial charge in [0.2, 0.25) is 11.5 Å². The van der Waals surface area contributed by atoms with E-state index in [-0.39, 0.29) is 61.5 Å². The molecule has 0 aliphatic rings. The SMILES string of the molecule is COc1cc(C(=O)OCCCNCCCNCCCOC(=O)c2cc(OCc3ccc([N+](=O)[O-])cc3)c(OC)c(OC[C@@H](CO)OC)c2)cc(OC)c1OC. The van der Waals surface area contributed by atoms with Crippen LogP contribution in [0.4, 0.5) is 5.69 Å². The number of carbonyl (C=O) groups is 2. The number of hydrogen-bond acceptors (Lipinski definition) is 16. The number of methoxy groups -OCH3 is 5. The van der Waals surface area contributed by atoms with E-state index in [4.69, 9.17) is 42.6 Å². The number of ether oxygens (including phenoxy) is 9. The Hall–Kier alpha value is -5.36. The highest BCUT2D eigenvalue weighted by Crippen LogP contribution is 2.40. The first-order chi connectivity index (χ1) is 26.7.